The first-order valence-corrected chi connectivity index (χ1v) is 8.98. The molecule has 0 aliphatic rings. The number of para-hydroxylation sites is 1. The quantitative estimate of drug-likeness (QED) is 0.754. The van der Waals surface area contributed by atoms with Crippen molar-refractivity contribution in [1.29, 1.82) is 0 Å². The second-order valence-electron chi connectivity index (χ2n) is 5.05. The molecule has 0 bridgehead atoms. The van der Waals surface area contributed by atoms with Crippen molar-refractivity contribution >= 4 is 34.5 Å². The molecule has 23 heavy (non-hydrogen) atoms. The Morgan fingerprint density at radius 3 is 2.87 bits per heavy atom. The molecule has 1 aromatic carbocycles. The molecule has 3 rings (SSSR count). The van der Waals surface area contributed by atoms with Crippen LogP contribution in [0.4, 0.5) is 5.69 Å². The monoisotopic (exact) mass is 344 g/mol. The third kappa shape index (κ3) is 3.46. The number of carbonyl (C=O) groups excluding carboxylic acids is 1. The summed E-state index contributed by atoms with van der Waals surface area (Å²) in [5, 5.41) is 10.0. The Labute approximate surface area is 142 Å². The number of hydrogen-bond acceptors (Lipinski definition) is 6. The van der Waals surface area contributed by atoms with Gasteiger partial charge in [0, 0.05) is 10.9 Å². The van der Waals surface area contributed by atoms with Gasteiger partial charge in [-0.25, -0.2) is 4.98 Å². The summed E-state index contributed by atoms with van der Waals surface area (Å²) in [7, 11) is 0. The molecule has 1 amide bonds. The summed E-state index contributed by atoms with van der Waals surface area (Å²) in [5.74, 6) is -0.164. The number of aryl methyl sites for hydroxylation is 2. The van der Waals surface area contributed by atoms with Gasteiger partial charge in [-0.05, 0) is 30.9 Å². The molecular formula is C16H16N4OS2. The maximum absolute atomic E-state index is 12.6. The molecule has 0 unspecified atom stereocenters. The van der Waals surface area contributed by atoms with E-state index >= 15 is 0 Å². The molecule has 0 aliphatic heterocycles. The standard InChI is InChI=1S/C16H16N4OS2/c1-3-6-13-15(23-20-19-13)16(21)18-12-8-5-4-7-11(12)14-9-22-10(2)17-14/h4-5,7-9H,3,6H2,1-2H3,(H,18,21). The van der Waals surface area contributed by atoms with Crippen molar-refractivity contribution in [3.63, 3.8) is 0 Å². The highest BCUT2D eigenvalue weighted by molar-refractivity contribution is 7.09. The molecule has 0 radical (unpaired) electrons. The predicted molar refractivity (Wildman–Crippen MR) is 94.1 cm³/mol. The number of benzene rings is 1. The molecule has 0 saturated carbocycles. The lowest BCUT2D eigenvalue weighted by Gasteiger charge is -2.09. The van der Waals surface area contributed by atoms with E-state index in [0.29, 0.717) is 4.88 Å². The molecule has 2 heterocycles. The molecule has 118 valence electrons. The molecule has 0 saturated heterocycles. The Morgan fingerprint density at radius 1 is 1.30 bits per heavy atom. The van der Waals surface area contributed by atoms with Crippen LogP contribution in [0.25, 0.3) is 11.3 Å². The van der Waals surface area contributed by atoms with Gasteiger partial charge < -0.3 is 5.32 Å². The Balaban J connectivity index is 1.88. The van der Waals surface area contributed by atoms with E-state index in [0.717, 1.165) is 52.0 Å². The van der Waals surface area contributed by atoms with Crippen molar-refractivity contribution < 1.29 is 4.79 Å². The molecule has 0 aliphatic carbocycles. The van der Waals surface area contributed by atoms with E-state index in [2.05, 4.69) is 26.8 Å². The molecule has 1 N–H and O–H groups in total. The normalized spacial score (nSPS) is 10.7. The van der Waals surface area contributed by atoms with Crippen LogP contribution < -0.4 is 5.32 Å². The van der Waals surface area contributed by atoms with Crippen molar-refractivity contribution in [3.05, 3.63) is 45.2 Å². The fourth-order valence-electron chi connectivity index (χ4n) is 2.26. The first-order chi connectivity index (χ1) is 11.2. The molecule has 0 spiro atoms. The van der Waals surface area contributed by atoms with Gasteiger partial charge in [0.05, 0.1) is 22.1 Å². The number of carbonyl (C=O) groups is 1. The summed E-state index contributed by atoms with van der Waals surface area (Å²) in [6.07, 6.45) is 1.69. The van der Waals surface area contributed by atoms with Gasteiger partial charge >= 0.3 is 0 Å². The fraction of sp³-hybridized carbons (Fsp3) is 0.250. The fourth-order valence-corrected chi connectivity index (χ4v) is 3.48. The van der Waals surface area contributed by atoms with E-state index in [1.54, 1.807) is 11.3 Å². The zero-order chi connectivity index (χ0) is 16.2. The minimum atomic E-state index is -0.164. The van der Waals surface area contributed by atoms with Gasteiger partial charge in [-0.3, -0.25) is 4.79 Å². The lowest BCUT2D eigenvalue weighted by Crippen LogP contribution is -2.13. The number of nitrogens with one attached hydrogen (secondary N) is 1. The van der Waals surface area contributed by atoms with E-state index in [1.807, 2.05) is 36.6 Å². The van der Waals surface area contributed by atoms with Crippen LogP contribution >= 0.6 is 22.9 Å². The van der Waals surface area contributed by atoms with Gasteiger partial charge in [-0.2, -0.15) is 0 Å². The summed E-state index contributed by atoms with van der Waals surface area (Å²) in [5.41, 5.74) is 3.30. The van der Waals surface area contributed by atoms with Crippen LogP contribution in [-0.4, -0.2) is 20.5 Å². The highest BCUT2D eigenvalue weighted by Gasteiger charge is 2.17. The number of rotatable bonds is 5. The molecule has 0 atom stereocenters. The van der Waals surface area contributed by atoms with Gasteiger partial charge in [0.2, 0.25) is 0 Å². The smallest absolute Gasteiger partial charge is 0.269 e. The Morgan fingerprint density at radius 2 is 2.13 bits per heavy atom. The van der Waals surface area contributed by atoms with Gasteiger partial charge in [0.25, 0.3) is 5.91 Å². The first-order valence-electron chi connectivity index (χ1n) is 7.33. The van der Waals surface area contributed by atoms with Gasteiger partial charge in [0.15, 0.2) is 0 Å². The molecule has 7 heteroatoms. The summed E-state index contributed by atoms with van der Waals surface area (Å²) in [6.45, 7) is 4.02. The highest BCUT2D eigenvalue weighted by atomic mass is 32.1. The van der Waals surface area contributed by atoms with Crippen LogP contribution in [0.5, 0.6) is 0 Å². The van der Waals surface area contributed by atoms with Crippen molar-refractivity contribution in [1.82, 2.24) is 14.6 Å². The maximum atomic E-state index is 12.6. The number of hydrogen-bond donors (Lipinski definition) is 1. The summed E-state index contributed by atoms with van der Waals surface area (Å²) in [6, 6.07) is 7.69. The number of aromatic nitrogens is 3. The minimum Gasteiger partial charge on any atom is -0.321 e. The largest absolute Gasteiger partial charge is 0.321 e. The Hall–Kier alpha value is -2.12. The molecular weight excluding hydrogens is 328 g/mol. The van der Waals surface area contributed by atoms with Gasteiger partial charge in [-0.1, -0.05) is 36.0 Å². The second-order valence-corrected chi connectivity index (χ2v) is 6.87. The van der Waals surface area contributed by atoms with Crippen LogP contribution in [0.2, 0.25) is 0 Å². The Kier molecular flexibility index (Phi) is 4.78. The average molecular weight is 344 g/mol. The second kappa shape index (κ2) is 6.97. The van der Waals surface area contributed by atoms with Crippen molar-refractivity contribution in [2.45, 2.75) is 26.7 Å². The van der Waals surface area contributed by atoms with Gasteiger partial charge in [0.1, 0.15) is 4.88 Å². The molecule has 2 aromatic heterocycles. The summed E-state index contributed by atoms with van der Waals surface area (Å²) < 4.78 is 3.91. The highest BCUT2D eigenvalue weighted by Crippen LogP contribution is 2.29. The topological polar surface area (TPSA) is 67.8 Å². The van der Waals surface area contributed by atoms with E-state index < -0.39 is 0 Å². The van der Waals surface area contributed by atoms with E-state index in [9.17, 15) is 4.79 Å². The van der Waals surface area contributed by atoms with Gasteiger partial charge in [-0.15, -0.1) is 16.4 Å². The maximum Gasteiger partial charge on any atom is 0.269 e. The molecule has 0 fully saturated rings. The Bertz CT molecular complexity index is 825. The zero-order valence-corrected chi connectivity index (χ0v) is 14.5. The predicted octanol–water partition coefficient (Wildman–Crippen LogP) is 4.17. The van der Waals surface area contributed by atoms with Crippen LogP contribution in [0.3, 0.4) is 0 Å². The summed E-state index contributed by atoms with van der Waals surface area (Å²) >= 11 is 2.73. The van der Waals surface area contributed by atoms with Crippen molar-refractivity contribution in [2.75, 3.05) is 5.32 Å². The number of nitrogens with zero attached hydrogens (tertiary/aromatic N) is 3. The average Bonchev–Trinajstić information content (AvgIpc) is 3.17. The minimum absolute atomic E-state index is 0.164. The molecule has 5 nitrogen and oxygen atoms in total. The first kappa shape index (κ1) is 15.8. The van der Waals surface area contributed by atoms with Crippen LogP contribution in [-0.2, 0) is 6.42 Å². The van der Waals surface area contributed by atoms with E-state index in [1.165, 1.54) is 0 Å². The lowest BCUT2D eigenvalue weighted by molar-refractivity contribution is 0.102. The lowest BCUT2D eigenvalue weighted by atomic mass is 10.1. The number of anilines is 1. The van der Waals surface area contributed by atoms with Crippen molar-refractivity contribution in [3.8, 4) is 11.3 Å². The molecule has 3 aromatic rings. The number of amides is 1. The van der Waals surface area contributed by atoms with E-state index in [4.69, 9.17) is 0 Å². The summed E-state index contributed by atoms with van der Waals surface area (Å²) in [4.78, 5) is 17.6. The van der Waals surface area contributed by atoms with Crippen LogP contribution in [0.1, 0.15) is 33.7 Å². The van der Waals surface area contributed by atoms with Crippen LogP contribution in [0.15, 0.2) is 29.6 Å². The van der Waals surface area contributed by atoms with Crippen molar-refractivity contribution in [2.24, 2.45) is 0 Å². The SMILES string of the molecule is CCCc1nnsc1C(=O)Nc1ccccc1-c1csc(C)n1. The third-order valence-electron chi connectivity index (χ3n) is 3.32. The third-order valence-corrected chi connectivity index (χ3v) is 4.86. The zero-order valence-electron chi connectivity index (χ0n) is 12.9. The van der Waals surface area contributed by atoms with Crippen LogP contribution in [0, 0.1) is 6.92 Å². The number of thiazole rings is 1. The van der Waals surface area contributed by atoms with E-state index in [-0.39, 0.29) is 5.91 Å².